The van der Waals surface area contributed by atoms with Crippen molar-refractivity contribution in [2.24, 2.45) is 17.6 Å². The molecule has 0 unspecified atom stereocenters. The van der Waals surface area contributed by atoms with Gasteiger partial charge in [0.05, 0.1) is 6.04 Å². The summed E-state index contributed by atoms with van der Waals surface area (Å²) in [6.07, 6.45) is 2.76. The van der Waals surface area contributed by atoms with E-state index in [-0.39, 0.29) is 36.0 Å². The summed E-state index contributed by atoms with van der Waals surface area (Å²) >= 11 is 0. The van der Waals surface area contributed by atoms with E-state index in [2.05, 4.69) is 17.6 Å². The smallest absolute Gasteiger partial charge is 0.246 e. The number of likely N-dealkylation sites (tertiary alicyclic amines) is 1. The number of carbonyl (C=O) groups excluding carboxylic acids is 3. The van der Waals surface area contributed by atoms with Gasteiger partial charge in [-0.1, -0.05) is 32.9 Å². The van der Waals surface area contributed by atoms with Crippen LogP contribution in [0.5, 0.6) is 0 Å². The van der Waals surface area contributed by atoms with Gasteiger partial charge in [-0.2, -0.15) is 0 Å². The van der Waals surface area contributed by atoms with Gasteiger partial charge in [-0.15, -0.1) is 0 Å². The topological polar surface area (TPSA) is 105 Å². The summed E-state index contributed by atoms with van der Waals surface area (Å²) in [5.41, 5.74) is 7.92. The van der Waals surface area contributed by atoms with Crippen LogP contribution in [0.2, 0.25) is 0 Å². The van der Waals surface area contributed by atoms with Crippen molar-refractivity contribution in [3.05, 3.63) is 29.8 Å². The van der Waals surface area contributed by atoms with E-state index in [1.165, 1.54) is 5.56 Å². The number of hydrogen-bond acceptors (Lipinski definition) is 4. The van der Waals surface area contributed by atoms with Crippen LogP contribution >= 0.6 is 0 Å². The van der Waals surface area contributed by atoms with E-state index < -0.39 is 12.1 Å². The third kappa shape index (κ3) is 8.15. The molecule has 0 saturated carbocycles. The fraction of sp³-hybridized carbons (Fsp3) is 0.609. The third-order valence-corrected chi connectivity index (χ3v) is 5.60. The van der Waals surface area contributed by atoms with Gasteiger partial charge in [0.15, 0.2) is 0 Å². The predicted molar refractivity (Wildman–Crippen MR) is 119 cm³/mol. The SMILES string of the molecule is CCc1ccc(NC(=O)[C@H](C)NC(=O)C2CCN(C(=O)[C@@H](N)CC(C)C)CC2)cc1.[Cl-]. The molecule has 1 aromatic rings. The van der Waals surface area contributed by atoms with Gasteiger partial charge in [-0.05, 0) is 56.2 Å². The Labute approximate surface area is 191 Å². The van der Waals surface area contributed by atoms with Crippen LogP contribution in [0.4, 0.5) is 5.69 Å². The van der Waals surface area contributed by atoms with Gasteiger partial charge in [-0.3, -0.25) is 14.4 Å². The molecule has 31 heavy (non-hydrogen) atoms. The van der Waals surface area contributed by atoms with Crippen molar-refractivity contribution in [2.75, 3.05) is 18.4 Å². The number of aryl methyl sites for hydroxylation is 1. The maximum atomic E-state index is 12.6. The first-order valence-electron chi connectivity index (χ1n) is 11.0. The number of amides is 3. The Morgan fingerprint density at radius 3 is 2.19 bits per heavy atom. The van der Waals surface area contributed by atoms with Crippen molar-refractivity contribution in [2.45, 2.75) is 65.5 Å². The number of hydrogen-bond donors (Lipinski definition) is 3. The van der Waals surface area contributed by atoms with Gasteiger partial charge < -0.3 is 33.7 Å². The molecule has 1 aliphatic rings. The lowest BCUT2D eigenvalue weighted by Crippen LogP contribution is -3.00. The summed E-state index contributed by atoms with van der Waals surface area (Å²) in [5, 5.41) is 5.64. The molecular weight excluding hydrogens is 416 g/mol. The molecule has 0 radical (unpaired) electrons. The Morgan fingerprint density at radius 1 is 1.10 bits per heavy atom. The van der Waals surface area contributed by atoms with Crippen LogP contribution in [0.1, 0.15) is 52.5 Å². The highest BCUT2D eigenvalue weighted by Crippen LogP contribution is 2.19. The summed E-state index contributed by atoms with van der Waals surface area (Å²) in [6, 6.07) is 6.55. The number of rotatable bonds is 8. The van der Waals surface area contributed by atoms with Crippen molar-refractivity contribution >= 4 is 23.4 Å². The fourth-order valence-corrected chi connectivity index (χ4v) is 3.68. The molecule has 7 nitrogen and oxygen atoms in total. The number of nitrogens with two attached hydrogens (primary N) is 1. The van der Waals surface area contributed by atoms with E-state index in [4.69, 9.17) is 5.73 Å². The van der Waals surface area contributed by atoms with E-state index in [0.29, 0.717) is 44.0 Å². The van der Waals surface area contributed by atoms with E-state index in [1.54, 1.807) is 11.8 Å². The Morgan fingerprint density at radius 2 is 1.68 bits per heavy atom. The van der Waals surface area contributed by atoms with Gasteiger partial charge in [0.2, 0.25) is 17.7 Å². The second-order valence-electron chi connectivity index (χ2n) is 8.61. The minimum Gasteiger partial charge on any atom is -1.00 e. The number of halogens is 1. The summed E-state index contributed by atoms with van der Waals surface area (Å²) < 4.78 is 0. The average molecular weight is 452 g/mol. The Kier molecular flexibility index (Phi) is 11.0. The zero-order chi connectivity index (χ0) is 22.3. The van der Waals surface area contributed by atoms with Crippen LogP contribution in [-0.2, 0) is 20.8 Å². The lowest BCUT2D eigenvalue weighted by Gasteiger charge is -2.33. The standard InChI is InChI=1S/C23H36N4O3.ClH/c1-5-17-6-8-19(9-7-17)26-21(28)16(4)25-22(29)18-10-12-27(13-11-18)23(30)20(24)14-15(2)3;/h6-9,15-16,18,20H,5,10-14,24H2,1-4H3,(H,25,29)(H,26,28);1H/p-1/t16-,20-;/m0./s1. The molecule has 3 amide bonds. The number of nitrogens with zero attached hydrogens (tertiary/aromatic N) is 1. The van der Waals surface area contributed by atoms with Gasteiger partial charge >= 0.3 is 0 Å². The minimum absolute atomic E-state index is 0. The number of benzene rings is 1. The van der Waals surface area contributed by atoms with Crippen LogP contribution in [0, 0.1) is 11.8 Å². The van der Waals surface area contributed by atoms with Crippen molar-refractivity contribution in [1.29, 1.82) is 0 Å². The van der Waals surface area contributed by atoms with Crippen molar-refractivity contribution in [1.82, 2.24) is 10.2 Å². The van der Waals surface area contributed by atoms with Crippen LogP contribution < -0.4 is 28.8 Å². The Hall–Kier alpha value is -2.12. The van der Waals surface area contributed by atoms with E-state index >= 15 is 0 Å². The van der Waals surface area contributed by atoms with Gasteiger partial charge in [0, 0.05) is 24.7 Å². The quantitative estimate of drug-likeness (QED) is 0.486. The number of anilines is 1. The molecule has 1 heterocycles. The molecule has 1 fully saturated rings. The van der Waals surface area contributed by atoms with E-state index in [9.17, 15) is 14.4 Å². The highest BCUT2D eigenvalue weighted by Gasteiger charge is 2.30. The maximum absolute atomic E-state index is 12.6. The molecule has 0 bridgehead atoms. The maximum Gasteiger partial charge on any atom is 0.246 e. The van der Waals surface area contributed by atoms with Crippen molar-refractivity contribution in [3.8, 4) is 0 Å². The minimum atomic E-state index is -0.637. The number of piperidine rings is 1. The molecule has 1 aromatic carbocycles. The third-order valence-electron chi connectivity index (χ3n) is 5.60. The lowest BCUT2D eigenvalue weighted by molar-refractivity contribution is -0.137. The van der Waals surface area contributed by atoms with Crippen LogP contribution in [0.3, 0.4) is 0 Å². The molecule has 0 aromatic heterocycles. The Bertz CT molecular complexity index is 731. The van der Waals surface area contributed by atoms with Crippen LogP contribution in [0.25, 0.3) is 0 Å². The highest BCUT2D eigenvalue weighted by atomic mass is 35.5. The molecule has 1 saturated heterocycles. The summed E-state index contributed by atoms with van der Waals surface area (Å²) in [6.45, 7) is 8.88. The molecule has 174 valence electrons. The largest absolute Gasteiger partial charge is 1.00 e. The van der Waals surface area contributed by atoms with Crippen molar-refractivity contribution in [3.63, 3.8) is 0 Å². The lowest BCUT2D eigenvalue weighted by atomic mass is 9.94. The summed E-state index contributed by atoms with van der Waals surface area (Å²) in [7, 11) is 0. The van der Waals surface area contributed by atoms with Gasteiger partial charge in [0.25, 0.3) is 0 Å². The second kappa shape index (κ2) is 12.7. The first-order chi connectivity index (χ1) is 14.2. The predicted octanol–water partition coefficient (Wildman–Crippen LogP) is -0.692. The van der Waals surface area contributed by atoms with Crippen molar-refractivity contribution < 1.29 is 26.8 Å². The van der Waals surface area contributed by atoms with Crippen LogP contribution in [0.15, 0.2) is 24.3 Å². The average Bonchev–Trinajstić information content (AvgIpc) is 2.73. The molecular formula is C23H36ClN4O3-. The molecule has 4 N–H and O–H groups in total. The zero-order valence-electron chi connectivity index (χ0n) is 19.0. The second-order valence-corrected chi connectivity index (χ2v) is 8.61. The van der Waals surface area contributed by atoms with E-state index in [0.717, 1.165) is 6.42 Å². The molecule has 1 aliphatic heterocycles. The highest BCUT2D eigenvalue weighted by molar-refractivity contribution is 5.97. The van der Waals surface area contributed by atoms with Gasteiger partial charge in [0.1, 0.15) is 6.04 Å². The number of carbonyl (C=O) groups is 3. The summed E-state index contributed by atoms with van der Waals surface area (Å²) in [4.78, 5) is 39.2. The molecule has 2 atom stereocenters. The molecule has 0 spiro atoms. The first kappa shape index (κ1) is 26.9. The van der Waals surface area contributed by atoms with E-state index in [1.807, 2.05) is 38.1 Å². The normalized spacial score (nSPS) is 16.3. The molecule has 8 heteroatoms. The fourth-order valence-electron chi connectivity index (χ4n) is 3.68. The first-order valence-corrected chi connectivity index (χ1v) is 11.0. The monoisotopic (exact) mass is 451 g/mol. The Balaban J connectivity index is 0.00000480. The molecule has 0 aliphatic carbocycles. The number of nitrogens with one attached hydrogen (secondary N) is 2. The summed E-state index contributed by atoms with van der Waals surface area (Å²) in [5.74, 6) is -0.263. The molecule has 2 rings (SSSR count). The van der Waals surface area contributed by atoms with Crippen LogP contribution in [-0.4, -0.2) is 47.8 Å². The van der Waals surface area contributed by atoms with Gasteiger partial charge in [-0.25, -0.2) is 0 Å². The zero-order valence-corrected chi connectivity index (χ0v) is 19.7.